The minimum atomic E-state index is 0.322. The van der Waals surface area contributed by atoms with E-state index in [2.05, 4.69) is 17.5 Å². The van der Waals surface area contributed by atoms with Crippen LogP contribution in [0.1, 0.15) is 17.5 Å². The van der Waals surface area contributed by atoms with Gasteiger partial charge >= 0.3 is 0 Å². The lowest BCUT2D eigenvalue weighted by molar-refractivity contribution is -0.00606. The van der Waals surface area contributed by atoms with Gasteiger partial charge in [-0.3, -0.25) is 5.21 Å². The summed E-state index contributed by atoms with van der Waals surface area (Å²) in [7, 11) is 1.70. The SMILES string of the molecule is CNC(=S)N(O)CC1=Cc2cccc(Oc3ccccc3)c2CC1. The van der Waals surface area contributed by atoms with Gasteiger partial charge in [-0.2, -0.15) is 0 Å². The lowest BCUT2D eigenvalue weighted by Gasteiger charge is -2.23. The molecule has 5 heteroatoms. The standard InChI is InChI=1S/C19H20N2O2S/c1-20-19(24)21(22)13-14-10-11-17-15(12-14)6-5-9-18(17)23-16-7-3-2-4-8-16/h2-9,12,22H,10-11,13H2,1H3,(H,20,24). The number of rotatable bonds is 4. The van der Waals surface area contributed by atoms with Gasteiger partial charge in [-0.25, -0.2) is 5.06 Å². The lowest BCUT2D eigenvalue weighted by atomic mass is 9.91. The molecule has 24 heavy (non-hydrogen) atoms. The Labute approximate surface area is 147 Å². The molecule has 0 spiro atoms. The summed E-state index contributed by atoms with van der Waals surface area (Å²) in [6.45, 7) is 0.406. The number of para-hydroxylation sites is 1. The Balaban J connectivity index is 1.80. The van der Waals surface area contributed by atoms with Gasteiger partial charge in [0.2, 0.25) is 0 Å². The molecule has 0 fully saturated rings. The molecule has 4 nitrogen and oxygen atoms in total. The van der Waals surface area contributed by atoms with Gasteiger partial charge in [-0.05, 0) is 54.4 Å². The molecule has 1 aliphatic carbocycles. The second-order valence-electron chi connectivity index (χ2n) is 5.65. The maximum absolute atomic E-state index is 9.93. The van der Waals surface area contributed by atoms with Gasteiger partial charge in [0, 0.05) is 12.6 Å². The molecule has 2 N–H and O–H groups in total. The highest BCUT2D eigenvalue weighted by atomic mass is 32.1. The summed E-state index contributed by atoms with van der Waals surface area (Å²) in [4.78, 5) is 0. The number of nitrogens with zero attached hydrogens (tertiary/aromatic N) is 1. The van der Waals surface area contributed by atoms with E-state index < -0.39 is 0 Å². The molecule has 0 bridgehead atoms. The second kappa shape index (κ2) is 7.47. The van der Waals surface area contributed by atoms with Crippen molar-refractivity contribution < 1.29 is 9.94 Å². The fourth-order valence-electron chi connectivity index (χ4n) is 2.79. The van der Waals surface area contributed by atoms with Crippen LogP contribution in [0, 0.1) is 0 Å². The maximum Gasteiger partial charge on any atom is 0.193 e. The lowest BCUT2D eigenvalue weighted by Crippen LogP contribution is -2.36. The van der Waals surface area contributed by atoms with Crippen molar-refractivity contribution in [2.24, 2.45) is 0 Å². The van der Waals surface area contributed by atoms with Crippen molar-refractivity contribution in [1.29, 1.82) is 0 Å². The van der Waals surface area contributed by atoms with Crippen LogP contribution in [0.2, 0.25) is 0 Å². The summed E-state index contributed by atoms with van der Waals surface area (Å²) < 4.78 is 6.03. The number of ether oxygens (including phenoxy) is 1. The molecule has 1 aliphatic rings. The van der Waals surface area contributed by atoms with Crippen LogP contribution in [0.3, 0.4) is 0 Å². The van der Waals surface area contributed by atoms with Gasteiger partial charge in [-0.15, -0.1) is 0 Å². The highest BCUT2D eigenvalue weighted by molar-refractivity contribution is 7.80. The highest BCUT2D eigenvalue weighted by Crippen LogP contribution is 2.33. The Morgan fingerprint density at radius 1 is 1.17 bits per heavy atom. The summed E-state index contributed by atoms with van der Waals surface area (Å²) in [5.41, 5.74) is 3.47. The van der Waals surface area contributed by atoms with Gasteiger partial charge in [0.05, 0.1) is 6.54 Å². The normalized spacial score (nSPS) is 12.8. The zero-order valence-electron chi connectivity index (χ0n) is 13.5. The molecule has 2 aromatic rings. The third-order valence-corrected chi connectivity index (χ3v) is 4.41. The van der Waals surface area contributed by atoms with Crippen LogP contribution in [-0.4, -0.2) is 29.0 Å². The van der Waals surface area contributed by atoms with Crippen LogP contribution in [0.15, 0.2) is 54.1 Å². The topological polar surface area (TPSA) is 44.7 Å². The summed E-state index contributed by atoms with van der Waals surface area (Å²) in [6.07, 6.45) is 3.86. The average Bonchev–Trinajstić information content (AvgIpc) is 2.62. The third kappa shape index (κ3) is 3.75. The Morgan fingerprint density at radius 2 is 1.96 bits per heavy atom. The molecule has 0 unspecified atom stereocenters. The Morgan fingerprint density at radius 3 is 2.71 bits per heavy atom. The van der Waals surface area contributed by atoms with Gasteiger partial charge in [-0.1, -0.05) is 36.4 Å². The fraction of sp³-hybridized carbons (Fsp3) is 0.211. The van der Waals surface area contributed by atoms with E-state index in [0.29, 0.717) is 11.7 Å². The highest BCUT2D eigenvalue weighted by Gasteiger charge is 2.17. The zero-order chi connectivity index (χ0) is 16.9. The smallest absolute Gasteiger partial charge is 0.193 e. The first-order valence-electron chi connectivity index (χ1n) is 7.89. The van der Waals surface area contributed by atoms with Gasteiger partial charge in [0.25, 0.3) is 0 Å². The number of hydroxylamine groups is 2. The Kier molecular flexibility index (Phi) is 5.13. The maximum atomic E-state index is 9.93. The Hall–Kier alpha value is -2.37. The molecular formula is C19H20N2O2S. The van der Waals surface area contributed by atoms with E-state index in [1.165, 1.54) is 5.56 Å². The van der Waals surface area contributed by atoms with Crippen molar-refractivity contribution in [1.82, 2.24) is 10.4 Å². The predicted molar refractivity (Wildman–Crippen MR) is 99.4 cm³/mol. The molecule has 0 radical (unpaired) electrons. The quantitative estimate of drug-likeness (QED) is 0.650. The second-order valence-corrected chi connectivity index (χ2v) is 6.04. The molecule has 0 aliphatic heterocycles. The summed E-state index contributed by atoms with van der Waals surface area (Å²) in [5, 5.41) is 14.1. The van der Waals surface area contributed by atoms with Crippen molar-refractivity contribution >= 4 is 23.4 Å². The molecule has 0 saturated carbocycles. The molecule has 0 saturated heterocycles. The molecule has 0 heterocycles. The first kappa shape index (κ1) is 16.5. The minimum Gasteiger partial charge on any atom is -0.457 e. The molecule has 0 atom stereocenters. The fourth-order valence-corrected chi connectivity index (χ4v) is 2.86. The summed E-state index contributed by atoms with van der Waals surface area (Å²) in [5.74, 6) is 1.72. The average molecular weight is 340 g/mol. The van der Waals surface area contributed by atoms with Gasteiger partial charge in [0.1, 0.15) is 11.5 Å². The zero-order valence-corrected chi connectivity index (χ0v) is 14.3. The van der Waals surface area contributed by atoms with Gasteiger partial charge < -0.3 is 10.1 Å². The predicted octanol–water partition coefficient (Wildman–Crippen LogP) is 4.00. The number of nitrogens with one attached hydrogen (secondary N) is 1. The van der Waals surface area contributed by atoms with Crippen LogP contribution in [0.25, 0.3) is 6.08 Å². The van der Waals surface area contributed by atoms with Crippen molar-refractivity contribution in [3.63, 3.8) is 0 Å². The first-order valence-corrected chi connectivity index (χ1v) is 8.30. The molecule has 2 aromatic carbocycles. The van der Waals surface area contributed by atoms with E-state index in [0.717, 1.165) is 40.5 Å². The number of thiocarbonyl (C=S) groups is 1. The molecule has 0 aromatic heterocycles. The summed E-state index contributed by atoms with van der Waals surface area (Å²) in [6, 6.07) is 15.9. The van der Waals surface area contributed by atoms with E-state index in [1.807, 2.05) is 42.5 Å². The van der Waals surface area contributed by atoms with Crippen molar-refractivity contribution in [3.05, 3.63) is 65.2 Å². The molecule has 0 amide bonds. The Bertz CT molecular complexity index is 759. The van der Waals surface area contributed by atoms with E-state index in [1.54, 1.807) is 7.05 Å². The molecular weight excluding hydrogens is 320 g/mol. The van der Waals surface area contributed by atoms with Crippen LogP contribution in [0.5, 0.6) is 11.5 Å². The van der Waals surface area contributed by atoms with Crippen LogP contribution in [0.4, 0.5) is 0 Å². The molecule has 3 rings (SSSR count). The van der Waals surface area contributed by atoms with Crippen LogP contribution in [-0.2, 0) is 6.42 Å². The third-order valence-electron chi connectivity index (χ3n) is 4.00. The minimum absolute atomic E-state index is 0.322. The van der Waals surface area contributed by atoms with Crippen LogP contribution >= 0.6 is 12.2 Å². The van der Waals surface area contributed by atoms with E-state index in [-0.39, 0.29) is 0 Å². The monoisotopic (exact) mass is 340 g/mol. The first-order chi connectivity index (χ1) is 11.7. The van der Waals surface area contributed by atoms with Crippen molar-refractivity contribution in [2.75, 3.05) is 13.6 Å². The van der Waals surface area contributed by atoms with Crippen LogP contribution < -0.4 is 10.1 Å². The van der Waals surface area contributed by atoms with Crippen molar-refractivity contribution in [3.8, 4) is 11.5 Å². The largest absolute Gasteiger partial charge is 0.457 e. The number of benzene rings is 2. The van der Waals surface area contributed by atoms with Gasteiger partial charge in [0.15, 0.2) is 5.11 Å². The number of fused-ring (bicyclic) bond motifs is 1. The number of hydrogen-bond donors (Lipinski definition) is 2. The van der Waals surface area contributed by atoms with E-state index in [4.69, 9.17) is 17.0 Å². The van der Waals surface area contributed by atoms with Crippen molar-refractivity contribution in [2.45, 2.75) is 12.8 Å². The molecule has 124 valence electrons. The summed E-state index contributed by atoms with van der Waals surface area (Å²) >= 11 is 5.04. The number of hydrogen-bond acceptors (Lipinski definition) is 3. The van der Waals surface area contributed by atoms with E-state index >= 15 is 0 Å². The van der Waals surface area contributed by atoms with E-state index in [9.17, 15) is 5.21 Å².